The van der Waals surface area contributed by atoms with Crippen LogP contribution in [0.3, 0.4) is 0 Å². The standard InChI is InChI=1S/C9H6N4O/c14-9-12-6-4-11-5-2-1-3-10-7(5)8(6)13-9/h1-4H,(H2,12,13,14)/p+1. The van der Waals surface area contributed by atoms with Crippen LogP contribution in [0.5, 0.6) is 0 Å². The average Bonchev–Trinajstić information content (AvgIpc) is 2.59. The smallest absolute Gasteiger partial charge is 0.304 e. The quantitative estimate of drug-likeness (QED) is 0.528. The van der Waals surface area contributed by atoms with Crippen molar-refractivity contribution < 1.29 is 4.98 Å². The van der Waals surface area contributed by atoms with E-state index in [9.17, 15) is 4.79 Å². The lowest BCUT2D eigenvalue weighted by Crippen LogP contribution is -2.03. The average molecular weight is 187 g/mol. The van der Waals surface area contributed by atoms with Crippen molar-refractivity contribution in [1.29, 1.82) is 0 Å². The second-order valence-electron chi connectivity index (χ2n) is 3.06. The van der Waals surface area contributed by atoms with Crippen molar-refractivity contribution in [3.63, 3.8) is 0 Å². The minimum absolute atomic E-state index is 0.216. The SMILES string of the molecule is O=c1[nH]c2cnc3ccc[nH+]c3c2[nH]1. The Morgan fingerprint density at radius 2 is 2.29 bits per heavy atom. The van der Waals surface area contributed by atoms with E-state index < -0.39 is 0 Å². The Hall–Kier alpha value is -2.17. The van der Waals surface area contributed by atoms with Crippen LogP contribution < -0.4 is 10.7 Å². The molecule has 3 rings (SSSR count). The van der Waals surface area contributed by atoms with E-state index in [4.69, 9.17) is 0 Å². The molecule has 0 aliphatic rings. The van der Waals surface area contributed by atoms with E-state index in [-0.39, 0.29) is 5.69 Å². The number of aromatic amines is 3. The lowest BCUT2D eigenvalue weighted by Gasteiger charge is -1.90. The summed E-state index contributed by atoms with van der Waals surface area (Å²) in [6.07, 6.45) is 3.44. The van der Waals surface area contributed by atoms with Crippen LogP contribution in [0.15, 0.2) is 29.3 Å². The molecule has 0 bridgehead atoms. The first-order chi connectivity index (χ1) is 6.84. The van der Waals surface area contributed by atoms with Crippen LogP contribution >= 0.6 is 0 Å². The summed E-state index contributed by atoms with van der Waals surface area (Å²) in [5.41, 5.74) is 2.93. The van der Waals surface area contributed by atoms with Gasteiger partial charge in [-0.15, -0.1) is 0 Å². The van der Waals surface area contributed by atoms with E-state index in [1.165, 1.54) is 0 Å². The number of hydrogen-bond donors (Lipinski definition) is 2. The fraction of sp³-hybridized carbons (Fsp3) is 0. The number of aromatic nitrogens is 4. The third-order valence-electron chi connectivity index (χ3n) is 2.17. The maximum atomic E-state index is 11.1. The van der Waals surface area contributed by atoms with Gasteiger partial charge in [0.1, 0.15) is 11.0 Å². The van der Waals surface area contributed by atoms with E-state index in [1.807, 2.05) is 12.1 Å². The minimum Gasteiger partial charge on any atom is -0.304 e. The number of rotatable bonds is 0. The molecule has 0 aliphatic heterocycles. The highest BCUT2D eigenvalue weighted by atomic mass is 16.1. The molecule has 0 aliphatic carbocycles. The molecular formula is C9H7N4O+. The second-order valence-corrected chi connectivity index (χ2v) is 3.06. The van der Waals surface area contributed by atoms with Crippen molar-refractivity contribution in [2.75, 3.05) is 0 Å². The van der Waals surface area contributed by atoms with Gasteiger partial charge in [0.15, 0.2) is 6.20 Å². The summed E-state index contributed by atoms with van der Waals surface area (Å²) in [6, 6.07) is 3.75. The predicted molar refractivity (Wildman–Crippen MR) is 50.8 cm³/mol. The predicted octanol–water partition coefficient (Wildman–Crippen LogP) is 0.218. The fourth-order valence-electron chi connectivity index (χ4n) is 1.56. The summed E-state index contributed by atoms with van der Waals surface area (Å²) < 4.78 is 0. The van der Waals surface area contributed by atoms with Crippen LogP contribution in [0.25, 0.3) is 22.1 Å². The summed E-state index contributed by atoms with van der Waals surface area (Å²) in [6.45, 7) is 0. The lowest BCUT2D eigenvalue weighted by molar-refractivity contribution is -0.343. The van der Waals surface area contributed by atoms with E-state index in [0.29, 0.717) is 5.52 Å². The number of imidazole rings is 1. The Balaban J connectivity index is 2.66. The van der Waals surface area contributed by atoms with Crippen LogP contribution in [0.1, 0.15) is 0 Å². The van der Waals surface area contributed by atoms with Gasteiger partial charge in [0, 0.05) is 6.07 Å². The van der Waals surface area contributed by atoms with Gasteiger partial charge in [-0.3, -0.25) is 0 Å². The van der Waals surface area contributed by atoms with Gasteiger partial charge in [-0.1, -0.05) is 0 Å². The van der Waals surface area contributed by atoms with Crippen LogP contribution in [0, 0.1) is 0 Å². The van der Waals surface area contributed by atoms with Crippen LogP contribution in [0.2, 0.25) is 0 Å². The molecule has 0 unspecified atom stereocenters. The molecule has 14 heavy (non-hydrogen) atoms. The highest BCUT2D eigenvalue weighted by Crippen LogP contribution is 2.13. The zero-order chi connectivity index (χ0) is 9.54. The first-order valence-electron chi connectivity index (χ1n) is 4.22. The Kier molecular flexibility index (Phi) is 1.25. The van der Waals surface area contributed by atoms with Crippen LogP contribution in [-0.2, 0) is 0 Å². The summed E-state index contributed by atoms with van der Waals surface area (Å²) in [5, 5.41) is 0. The minimum atomic E-state index is -0.216. The molecular weight excluding hydrogens is 180 g/mol. The zero-order valence-electron chi connectivity index (χ0n) is 7.16. The van der Waals surface area contributed by atoms with E-state index >= 15 is 0 Å². The topological polar surface area (TPSA) is 75.7 Å². The normalized spacial score (nSPS) is 11.1. The summed E-state index contributed by atoms with van der Waals surface area (Å²) in [7, 11) is 0. The van der Waals surface area contributed by atoms with Crippen LogP contribution in [-0.4, -0.2) is 15.0 Å². The number of hydrogen-bond acceptors (Lipinski definition) is 2. The van der Waals surface area contributed by atoms with Gasteiger partial charge in [0.2, 0.25) is 0 Å². The molecule has 5 heteroatoms. The van der Waals surface area contributed by atoms with Gasteiger partial charge in [-0.2, -0.15) is 0 Å². The molecule has 0 aromatic carbocycles. The second kappa shape index (κ2) is 2.41. The van der Waals surface area contributed by atoms with Crippen molar-refractivity contribution in [3.8, 4) is 0 Å². The molecule has 0 atom stereocenters. The third kappa shape index (κ3) is 0.861. The molecule has 5 nitrogen and oxygen atoms in total. The highest BCUT2D eigenvalue weighted by Gasteiger charge is 2.08. The number of nitrogens with zero attached hydrogens (tertiary/aromatic N) is 1. The Morgan fingerprint density at radius 3 is 3.21 bits per heavy atom. The maximum Gasteiger partial charge on any atom is 0.324 e. The summed E-state index contributed by atoms with van der Waals surface area (Å²) in [5.74, 6) is 0. The van der Waals surface area contributed by atoms with Gasteiger partial charge in [0.25, 0.3) is 5.52 Å². The van der Waals surface area contributed by atoms with E-state index in [0.717, 1.165) is 16.6 Å². The van der Waals surface area contributed by atoms with Gasteiger partial charge in [-0.25, -0.2) is 14.8 Å². The number of nitrogens with one attached hydrogen (secondary N) is 3. The van der Waals surface area contributed by atoms with Crippen molar-refractivity contribution in [3.05, 3.63) is 35.0 Å². The molecule has 0 saturated carbocycles. The molecule has 3 aromatic heterocycles. The van der Waals surface area contributed by atoms with Gasteiger partial charge < -0.3 is 9.97 Å². The molecule has 0 fully saturated rings. The molecule has 0 spiro atoms. The molecule has 0 radical (unpaired) electrons. The fourth-order valence-corrected chi connectivity index (χ4v) is 1.56. The highest BCUT2D eigenvalue weighted by molar-refractivity contribution is 5.96. The lowest BCUT2D eigenvalue weighted by atomic mass is 10.3. The van der Waals surface area contributed by atoms with Gasteiger partial charge in [0.05, 0.1) is 11.7 Å². The monoisotopic (exact) mass is 187 g/mol. The molecule has 0 saturated heterocycles. The van der Waals surface area contributed by atoms with Crippen molar-refractivity contribution >= 4 is 22.1 Å². The van der Waals surface area contributed by atoms with Crippen molar-refractivity contribution in [1.82, 2.24) is 15.0 Å². The maximum absolute atomic E-state index is 11.1. The first-order valence-corrected chi connectivity index (χ1v) is 4.22. The Labute approximate surface area is 77.8 Å². The Bertz CT molecular complexity index is 667. The molecule has 0 amide bonds. The van der Waals surface area contributed by atoms with Crippen molar-refractivity contribution in [2.45, 2.75) is 0 Å². The molecule has 68 valence electrons. The number of fused-ring (bicyclic) bond motifs is 3. The number of H-pyrrole nitrogens is 3. The first kappa shape index (κ1) is 7.25. The van der Waals surface area contributed by atoms with E-state index in [2.05, 4.69) is 19.9 Å². The van der Waals surface area contributed by atoms with Gasteiger partial charge in [-0.05, 0) is 6.07 Å². The molecule has 3 N–H and O–H groups in total. The molecule has 3 heterocycles. The summed E-state index contributed by atoms with van der Waals surface area (Å²) in [4.78, 5) is 23.7. The summed E-state index contributed by atoms with van der Waals surface area (Å²) >= 11 is 0. The van der Waals surface area contributed by atoms with E-state index in [1.54, 1.807) is 12.4 Å². The van der Waals surface area contributed by atoms with Crippen LogP contribution in [0.4, 0.5) is 0 Å². The third-order valence-corrected chi connectivity index (χ3v) is 2.17. The molecule has 3 aromatic rings. The largest absolute Gasteiger partial charge is 0.324 e. The Morgan fingerprint density at radius 1 is 1.36 bits per heavy atom. The van der Waals surface area contributed by atoms with Crippen molar-refractivity contribution in [2.24, 2.45) is 0 Å². The number of pyridine rings is 2. The zero-order valence-corrected chi connectivity index (χ0v) is 7.16. The van der Waals surface area contributed by atoms with Gasteiger partial charge >= 0.3 is 5.69 Å².